The molecule has 23 heavy (non-hydrogen) atoms. The van der Waals surface area contributed by atoms with Gasteiger partial charge in [0.05, 0.1) is 13.2 Å². The fraction of sp³-hybridized carbons (Fsp3) is 0.278. The molecule has 0 aliphatic carbocycles. The van der Waals surface area contributed by atoms with Crippen LogP contribution in [0.2, 0.25) is 5.02 Å². The summed E-state index contributed by atoms with van der Waals surface area (Å²) in [4.78, 5) is 11.9. The maximum absolute atomic E-state index is 11.9. The smallest absolute Gasteiger partial charge is 0.243 e. The number of carbonyl (C=O) groups excluding carboxylic acids is 1. The molecule has 2 rings (SSSR count). The minimum absolute atomic E-state index is 0.128. The number of carbonyl (C=O) groups is 1. The van der Waals surface area contributed by atoms with Gasteiger partial charge in [0.25, 0.3) is 0 Å². The maximum Gasteiger partial charge on any atom is 0.243 e. The fourth-order valence-corrected chi connectivity index (χ4v) is 2.13. The van der Waals surface area contributed by atoms with E-state index in [0.717, 1.165) is 23.4 Å². The molecule has 0 saturated heterocycles. The highest BCUT2D eigenvalue weighted by molar-refractivity contribution is 6.31. The third-order valence-electron chi connectivity index (χ3n) is 3.24. The molecule has 4 nitrogen and oxygen atoms in total. The topological polar surface area (TPSA) is 50.4 Å². The highest BCUT2D eigenvalue weighted by atomic mass is 35.5. The second-order valence-corrected chi connectivity index (χ2v) is 5.65. The summed E-state index contributed by atoms with van der Waals surface area (Å²) in [5, 5.41) is 6.52. The van der Waals surface area contributed by atoms with Crippen LogP contribution in [-0.2, 0) is 4.79 Å². The number of aryl methyl sites for hydroxylation is 1. The number of halogens is 1. The predicted molar refractivity (Wildman–Crippen MR) is 95.5 cm³/mol. The minimum Gasteiger partial charge on any atom is -0.494 e. The monoisotopic (exact) mass is 332 g/mol. The van der Waals surface area contributed by atoms with Gasteiger partial charge in [-0.25, -0.2) is 0 Å². The average molecular weight is 333 g/mol. The first-order valence-corrected chi connectivity index (χ1v) is 7.99. The van der Waals surface area contributed by atoms with Crippen LogP contribution in [0.3, 0.4) is 0 Å². The van der Waals surface area contributed by atoms with Crippen molar-refractivity contribution in [2.75, 3.05) is 23.8 Å². The number of nitrogens with one attached hydrogen (secondary N) is 2. The van der Waals surface area contributed by atoms with Gasteiger partial charge in [-0.2, -0.15) is 0 Å². The van der Waals surface area contributed by atoms with Gasteiger partial charge in [-0.3, -0.25) is 4.79 Å². The van der Waals surface area contributed by atoms with Crippen LogP contribution in [0, 0.1) is 6.92 Å². The third-order valence-corrected chi connectivity index (χ3v) is 3.64. The molecule has 0 radical (unpaired) electrons. The van der Waals surface area contributed by atoms with Gasteiger partial charge in [0, 0.05) is 16.4 Å². The fourth-order valence-electron chi connectivity index (χ4n) is 1.95. The third kappa shape index (κ3) is 5.49. The Morgan fingerprint density at radius 3 is 2.48 bits per heavy atom. The second kappa shape index (κ2) is 8.44. The molecule has 1 amide bonds. The molecule has 0 aliphatic heterocycles. The standard InChI is InChI=1S/C18H21ClN2O2/c1-3-10-23-16-8-6-14(7-9-16)20-12-18(22)21-15-5-4-13(2)17(19)11-15/h4-9,11,20H,3,10,12H2,1-2H3,(H,21,22). The van der Waals surface area contributed by atoms with Crippen molar-refractivity contribution >= 4 is 28.9 Å². The Kier molecular flexibility index (Phi) is 6.29. The van der Waals surface area contributed by atoms with Gasteiger partial charge in [-0.05, 0) is 55.3 Å². The summed E-state index contributed by atoms with van der Waals surface area (Å²) < 4.78 is 5.52. The van der Waals surface area contributed by atoms with Crippen LogP contribution >= 0.6 is 11.6 Å². The van der Waals surface area contributed by atoms with Crippen molar-refractivity contribution in [2.24, 2.45) is 0 Å². The quantitative estimate of drug-likeness (QED) is 0.785. The molecule has 0 aliphatic rings. The average Bonchev–Trinajstić information content (AvgIpc) is 2.55. The lowest BCUT2D eigenvalue weighted by molar-refractivity contribution is -0.114. The van der Waals surface area contributed by atoms with E-state index in [4.69, 9.17) is 16.3 Å². The van der Waals surface area contributed by atoms with Crippen LogP contribution in [-0.4, -0.2) is 19.1 Å². The molecule has 122 valence electrons. The molecule has 2 N–H and O–H groups in total. The van der Waals surface area contributed by atoms with Crippen molar-refractivity contribution in [3.05, 3.63) is 53.1 Å². The van der Waals surface area contributed by atoms with E-state index in [-0.39, 0.29) is 12.5 Å². The number of anilines is 2. The first-order valence-electron chi connectivity index (χ1n) is 7.61. The van der Waals surface area contributed by atoms with E-state index in [2.05, 4.69) is 17.6 Å². The lowest BCUT2D eigenvalue weighted by Gasteiger charge is -2.10. The summed E-state index contributed by atoms with van der Waals surface area (Å²) in [7, 11) is 0. The molecule has 0 aromatic heterocycles. The first-order chi connectivity index (χ1) is 11.1. The van der Waals surface area contributed by atoms with Gasteiger partial charge in [-0.1, -0.05) is 24.6 Å². The number of amides is 1. The van der Waals surface area contributed by atoms with Crippen molar-refractivity contribution in [3.63, 3.8) is 0 Å². The zero-order valence-corrected chi connectivity index (χ0v) is 14.1. The largest absolute Gasteiger partial charge is 0.494 e. The number of ether oxygens (including phenoxy) is 1. The van der Waals surface area contributed by atoms with E-state index >= 15 is 0 Å². The summed E-state index contributed by atoms with van der Waals surface area (Å²) in [5.41, 5.74) is 2.54. The second-order valence-electron chi connectivity index (χ2n) is 5.24. The molecular formula is C18H21ClN2O2. The van der Waals surface area contributed by atoms with Crippen LogP contribution in [0.25, 0.3) is 0 Å². The molecule has 0 spiro atoms. The minimum atomic E-state index is -0.128. The molecule has 0 bridgehead atoms. The molecule has 0 atom stereocenters. The summed E-state index contributed by atoms with van der Waals surface area (Å²) >= 11 is 6.04. The van der Waals surface area contributed by atoms with Gasteiger partial charge in [0.1, 0.15) is 5.75 Å². The zero-order chi connectivity index (χ0) is 16.7. The Morgan fingerprint density at radius 2 is 1.83 bits per heavy atom. The highest BCUT2D eigenvalue weighted by Gasteiger charge is 2.04. The van der Waals surface area contributed by atoms with Crippen LogP contribution < -0.4 is 15.4 Å². The van der Waals surface area contributed by atoms with E-state index in [1.54, 1.807) is 6.07 Å². The Bertz CT molecular complexity index is 657. The number of hydrogen-bond acceptors (Lipinski definition) is 3. The summed E-state index contributed by atoms with van der Waals surface area (Å²) in [5.74, 6) is 0.701. The molecule has 0 heterocycles. The van der Waals surface area contributed by atoms with Crippen molar-refractivity contribution < 1.29 is 9.53 Å². The van der Waals surface area contributed by atoms with Gasteiger partial charge in [-0.15, -0.1) is 0 Å². The van der Waals surface area contributed by atoms with Gasteiger partial charge in [0.2, 0.25) is 5.91 Å². The summed E-state index contributed by atoms with van der Waals surface area (Å²) in [6.45, 7) is 4.87. The lowest BCUT2D eigenvalue weighted by Crippen LogP contribution is -2.21. The molecule has 0 unspecified atom stereocenters. The van der Waals surface area contributed by atoms with E-state index in [9.17, 15) is 4.79 Å². The van der Waals surface area contributed by atoms with Crippen molar-refractivity contribution in [2.45, 2.75) is 20.3 Å². The van der Waals surface area contributed by atoms with Crippen molar-refractivity contribution in [1.29, 1.82) is 0 Å². The molecule has 2 aromatic carbocycles. The molecule has 0 fully saturated rings. The van der Waals surface area contributed by atoms with Crippen LogP contribution in [0.1, 0.15) is 18.9 Å². The van der Waals surface area contributed by atoms with Crippen molar-refractivity contribution in [3.8, 4) is 5.75 Å². The van der Waals surface area contributed by atoms with Crippen LogP contribution in [0.4, 0.5) is 11.4 Å². The van der Waals surface area contributed by atoms with E-state index < -0.39 is 0 Å². The Hall–Kier alpha value is -2.20. The lowest BCUT2D eigenvalue weighted by atomic mass is 10.2. The molecule has 5 heteroatoms. The molecule has 2 aromatic rings. The number of hydrogen-bond donors (Lipinski definition) is 2. The van der Waals surface area contributed by atoms with E-state index in [1.165, 1.54) is 0 Å². The van der Waals surface area contributed by atoms with Gasteiger partial charge < -0.3 is 15.4 Å². The number of rotatable bonds is 7. The van der Waals surface area contributed by atoms with Crippen LogP contribution in [0.15, 0.2) is 42.5 Å². The molecular weight excluding hydrogens is 312 g/mol. The normalized spacial score (nSPS) is 10.2. The van der Waals surface area contributed by atoms with Gasteiger partial charge in [0.15, 0.2) is 0 Å². The van der Waals surface area contributed by atoms with E-state index in [1.807, 2.05) is 43.3 Å². The SMILES string of the molecule is CCCOc1ccc(NCC(=O)Nc2ccc(C)c(Cl)c2)cc1. The summed E-state index contributed by atoms with van der Waals surface area (Å²) in [6.07, 6.45) is 0.975. The Morgan fingerprint density at radius 1 is 1.13 bits per heavy atom. The number of benzene rings is 2. The van der Waals surface area contributed by atoms with Gasteiger partial charge >= 0.3 is 0 Å². The Balaban J connectivity index is 1.82. The Labute approximate surface area is 141 Å². The van der Waals surface area contributed by atoms with Crippen LogP contribution in [0.5, 0.6) is 5.75 Å². The zero-order valence-electron chi connectivity index (χ0n) is 13.4. The first kappa shape index (κ1) is 17.2. The molecule has 0 saturated carbocycles. The highest BCUT2D eigenvalue weighted by Crippen LogP contribution is 2.20. The predicted octanol–water partition coefficient (Wildman–Crippen LogP) is 4.49. The van der Waals surface area contributed by atoms with E-state index in [0.29, 0.717) is 17.3 Å². The van der Waals surface area contributed by atoms with Crippen molar-refractivity contribution in [1.82, 2.24) is 0 Å². The summed E-state index contributed by atoms with van der Waals surface area (Å²) in [6, 6.07) is 13.0. The maximum atomic E-state index is 11.9.